The highest BCUT2D eigenvalue weighted by Crippen LogP contribution is 2.13. The normalized spacial score (nSPS) is 18.3. The quantitative estimate of drug-likeness (QED) is 0.656. The summed E-state index contributed by atoms with van der Waals surface area (Å²) >= 11 is 0. The summed E-state index contributed by atoms with van der Waals surface area (Å²) in [4.78, 5) is 0. The minimum absolute atomic E-state index is 0.515. The maximum absolute atomic E-state index is 9.69. The van der Waals surface area contributed by atoms with Crippen LogP contribution in [0.2, 0.25) is 0 Å². The summed E-state index contributed by atoms with van der Waals surface area (Å²) in [5.41, 5.74) is -1.61. The van der Waals surface area contributed by atoms with E-state index in [-0.39, 0.29) is 0 Å². The molecule has 0 amide bonds. The average Bonchev–Trinajstić information content (AvgIpc) is 1.82. The standard InChI is InChI=1S/C11H20O2/c1-5-7-11(4,13)9-6-8-10(2,3)12/h5-8,12-13H,9H2,1-4H3/b7-5+,8-6+. The lowest BCUT2D eigenvalue weighted by atomic mass is 10.00. The monoisotopic (exact) mass is 184 g/mol. The molecule has 0 heterocycles. The Hall–Kier alpha value is -0.600. The second kappa shape index (κ2) is 4.58. The molecule has 0 spiro atoms. The Balaban J connectivity index is 4.09. The molecular weight excluding hydrogens is 164 g/mol. The Morgan fingerprint density at radius 2 is 1.62 bits per heavy atom. The third-order valence-corrected chi connectivity index (χ3v) is 1.58. The van der Waals surface area contributed by atoms with Gasteiger partial charge in [-0.2, -0.15) is 0 Å². The van der Waals surface area contributed by atoms with E-state index in [4.69, 9.17) is 0 Å². The molecule has 76 valence electrons. The van der Waals surface area contributed by atoms with Gasteiger partial charge in [-0.05, 0) is 34.1 Å². The largest absolute Gasteiger partial charge is 0.386 e. The van der Waals surface area contributed by atoms with Gasteiger partial charge in [0, 0.05) is 0 Å². The van der Waals surface area contributed by atoms with E-state index in [2.05, 4.69) is 0 Å². The predicted octanol–water partition coefficient (Wildman–Crippen LogP) is 2.03. The summed E-state index contributed by atoms with van der Waals surface area (Å²) in [7, 11) is 0. The summed E-state index contributed by atoms with van der Waals surface area (Å²) in [6, 6.07) is 0. The first-order valence-corrected chi connectivity index (χ1v) is 4.53. The zero-order valence-electron chi connectivity index (χ0n) is 8.91. The molecule has 0 fully saturated rings. The van der Waals surface area contributed by atoms with E-state index in [1.807, 2.05) is 13.0 Å². The summed E-state index contributed by atoms with van der Waals surface area (Å²) in [6.07, 6.45) is 7.55. The zero-order chi connectivity index (χ0) is 10.5. The van der Waals surface area contributed by atoms with Crippen LogP contribution in [0.25, 0.3) is 0 Å². The van der Waals surface area contributed by atoms with Crippen molar-refractivity contribution >= 4 is 0 Å². The molecular formula is C11H20O2. The summed E-state index contributed by atoms with van der Waals surface area (Å²) in [5.74, 6) is 0. The first-order chi connectivity index (χ1) is 5.77. The fraction of sp³-hybridized carbons (Fsp3) is 0.636. The van der Waals surface area contributed by atoms with Gasteiger partial charge in [-0.15, -0.1) is 0 Å². The van der Waals surface area contributed by atoms with Crippen molar-refractivity contribution < 1.29 is 10.2 Å². The van der Waals surface area contributed by atoms with Gasteiger partial charge < -0.3 is 10.2 Å². The molecule has 0 aliphatic heterocycles. The van der Waals surface area contributed by atoms with Crippen LogP contribution < -0.4 is 0 Å². The molecule has 0 aromatic rings. The highest BCUT2D eigenvalue weighted by atomic mass is 16.3. The van der Waals surface area contributed by atoms with Gasteiger partial charge in [0.1, 0.15) is 0 Å². The maximum atomic E-state index is 9.69. The lowest BCUT2D eigenvalue weighted by Gasteiger charge is -2.17. The van der Waals surface area contributed by atoms with Gasteiger partial charge in [0.05, 0.1) is 11.2 Å². The van der Waals surface area contributed by atoms with E-state index in [1.165, 1.54) is 0 Å². The molecule has 2 nitrogen and oxygen atoms in total. The van der Waals surface area contributed by atoms with Crippen molar-refractivity contribution in [1.29, 1.82) is 0 Å². The molecule has 0 rings (SSSR count). The van der Waals surface area contributed by atoms with Gasteiger partial charge in [-0.25, -0.2) is 0 Å². The van der Waals surface area contributed by atoms with E-state index in [0.29, 0.717) is 6.42 Å². The molecule has 0 bridgehead atoms. The van der Waals surface area contributed by atoms with Crippen LogP contribution in [-0.4, -0.2) is 21.4 Å². The molecule has 0 aromatic carbocycles. The van der Waals surface area contributed by atoms with Crippen LogP contribution in [0.3, 0.4) is 0 Å². The van der Waals surface area contributed by atoms with E-state index in [1.54, 1.807) is 39.0 Å². The number of allylic oxidation sites excluding steroid dienone is 1. The summed E-state index contributed by atoms with van der Waals surface area (Å²) in [6.45, 7) is 7.01. The fourth-order valence-electron chi connectivity index (χ4n) is 1.01. The highest BCUT2D eigenvalue weighted by molar-refractivity contribution is 5.04. The molecule has 0 aliphatic rings. The lowest BCUT2D eigenvalue weighted by Crippen LogP contribution is -2.20. The van der Waals surface area contributed by atoms with Crippen molar-refractivity contribution in [1.82, 2.24) is 0 Å². The van der Waals surface area contributed by atoms with Crippen LogP contribution in [0.15, 0.2) is 24.3 Å². The van der Waals surface area contributed by atoms with Crippen LogP contribution in [0, 0.1) is 0 Å². The molecule has 0 saturated carbocycles. The molecule has 0 aromatic heterocycles. The second-order valence-electron chi connectivity index (χ2n) is 4.12. The molecule has 1 unspecified atom stereocenters. The van der Waals surface area contributed by atoms with Crippen molar-refractivity contribution in [2.75, 3.05) is 0 Å². The number of hydrogen-bond donors (Lipinski definition) is 2. The highest BCUT2D eigenvalue weighted by Gasteiger charge is 2.14. The topological polar surface area (TPSA) is 40.5 Å². The van der Waals surface area contributed by atoms with Crippen LogP contribution in [0.1, 0.15) is 34.1 Å². The van der Waals surface area contributed by atoms with E-state index in [0.717, 1.165) is 0 Å². The van der Waals surface area contributed by atoms with Crippen molar-refractivity contribution in [3.63, 3.8) is 0 Å². The van der Waals surface area contributed by atoms with E-state index in [9.17, 15) is 10.2 Å². The summed E-state index contributed by atoms with van der Waals surface area (Å²) in [5, 5.41) is 19.0. The molecule has 0 radical (unpaired) electrons. The van der Waals surface area contributed by atoms with Gasteiger partial charge in [-0.1, -0.05) is 24.3 Å². The van der Waals surface area contributed by atoms with Crippen molar-refractivity contribution in [2.45, 2.75) is 45.3 Å². The lowest BCUT2D eigenvalue weighted by molar-refractivity contribution is 0.112. The van der Waals surface area contributed by atoms with Gasteiger partial charge in [0.15, 0.2) is 0 Å². The smallest absolute Gasteiger partial charge is 0.0833 e. The average molecular weight is 184 g/mol. The van der Waals surface area contributed by atoms with Crippen molar-refractivity contribution in [2.24, 2.45) is 0 Å². The number of hydrogen-bond acceptors (Lipinski definition) is 2. The van der Waals surface area contributed by atoms with Crippen LogP contribution in [0.4, 0.5) is 0 Å². The molecule has 2 N–H and O–H groups in total. The first-order valence-electron chi connectivity index (χ1n) is 4.53. The second-order valence-corrected chi connectivity index (χ2v) is 4.12. The molecule has 2 heteroatoms. The SMILES string of the molecule is C/C=C/C(C)(O)C/C=C/C(C)(C)O. The van der Waals surface area contributed by atoms with Gasteiger partial charge in [0.25, 0.3) is 0 Å². The number of rotatable bonds is 4. The summed E-state index contributed by atoms with van der Waals surface area (Å²) < 4.78 is 0. The Kier molecular flexibility index (Phi) is 4.37. The van der Waals surface area contributed by atoms with E-state index < -0.39 is 11.2 Å². The third kappa shape index (κ3) is 7.75. The van der Waals surface area contributed by atoms with Gasteiger partial charge in [-0.3, -0.25) is 0 Å². The van der Waals surface area contributed by atoms with Crippen molar-refractivity contribution in [3.8, 4) is 0 Å². The van der Waals surface area contributed by atoms with Crippen molar-refractivity contribution in [3.05, 3.63) is 24.3 Å². The Bertz CT molecular complexity index is 195. The van der Waals surface area contributed by atoms with Gasteiger partial charge in [0.2, 0.25) is 0 Å². The molecule has 0 saturated heterocycles. The molecule has 1 atom stereocenters. The van der Waals surface area contributed by atoms with E-state index >= 15 is 0 Å². The third-order valence-electron chi connectivity index (χ3n) is 1.58. The Morgan fingerprint density at radius 1 is 1.08 bits per heavy atom. The number of aliphatic hydroxyl groups is 2. The first kappa shape index (κ1) is 12.4. The minimum Gasteiger partial charge on any atom is -0.386 e. The Labute approximate surface area is 80.6 Å². The predicted molar refractivity (Wildman–Crippen MR) is 55.5 cm³/mol. The minimum atomic E-state index is -0.809. The molecule has 0 aliphatic carbocycles. The fourth-order valence-corrected chi connectivity index (χ4v) is 1.01. The zero-order valence-corrected chi connectivity index (χ0v) is 8.91. The van der Waals surface area contributed by atoms with Crippen LogP contribution >= 0.6 is 0 Å². The van der Waals surface area contributed by atoms with Crippen LogP contribution in [0.5, 0.6) is 0 Å². The van der Waals surface area contributed by atoms with Gasteiger partial charge >= 0.3 is 0 Å². The molecule has 13 heavy (non-hydrogen) atoms. The van der Waals surface area contributed by atoms with Crippen LogP contribution in [-0.2, 0) is 0 Å². The maximum Gasteiger partial charge on any atom is 0.0833 e. The Morgan fingerprint density at radius 3 is 2.00 bits per heavy atom.